The van der Waals surface area contributed by atoms with Gasteiger partial charge >= 0.3 is 6.18 Å². The van der Waals surface area contributed by atoms with Gasteiger partial charge in [-0.05, 0) is 64.9 Å². The molecular formula is C27H21Cl2F3N2O. The first-order valence-electron chi connectivity index (χ1n) is 11.5. The van der Waals surface area contributed by atoms with Crippen LogP contribution in [0.25, 0.3) is 0 Å². The van der Waals surface area contributed by atoms with Crippen molar-refractivity contribution >= 4 is 28.9 Å². The van der Waals surface area contributed by atoms with E-state index in [0.29, 0.717) is 11.6 Å². The first-order chi connectivity index (χ1) is 16.7. The van der Waals surface area contributed by atoms with Gasteiger partial charge in [0.15, 0.2) is 0 Å². The summed E-state index contributed by atoms with van der Waals surface area (Å²) in [5.74, 6) is 0. The summed E-state index contributed by atoms with van der Waals surface area (Å²) in [7, 11) is 0. The van der Waals surface area contributed by atoms with Crippen LogP contribution in [-0.2, 0) is 29.9 Å². The highest BCUT2D eigenvalue weighted by Gasteiger charge is 2.62. The molecule has 0 saturated heterocycles. The summed E-state index contributed by atoms with van der Waals surface area (Å²) in [4.78, 5) is 7.64. The van der Waals surface area contributed by atoms with Crippen LogP contribution in [0.1, 0.15) is 52.3 Å². The van der Waals surface area contributed by atoms with Crippen molar-refractivity contribution in [3.63, 3.8) is 0 Å². The minimum atomic E-state index is -4.71. The fraction of sp³-hybridized carbons (Fsp3) is 0.296. The van der Waals surface area contributed by atoms with E-state index in [0.717, 1.165) is 31.5 Å². The van der Waals surface area contributed by atoms with E-state index in [1.54, 1.807) is 0 Å². The lowest BCUT2D eigenvalue weighted by molar-refractivity contribution is -0.275. The highest BCUT2D eigenvalue weighted by Crippen LogP contribution is 2.50. The molecule has 2 unspecified atom stereocenters. The van der Waals surface area contributed by atoms with Gasteiger partial charge < -0.3 is 4.84 Å². The number of alkyl halides is 3. The standard InChI is InChI=1S/C27H21Cl2F3N2O/c28-21-10-20(11-22(29)12-21)26(27(30,31)32)13-24(33-35-26)17-5-7-23-16(9-17)6-8-25(23)34-14-18-3-1-2-4-19(18)15-34/h1-5,7,9-12,25H,6,8,13-15H2. The van der Waals surface area contributed by atoms with Crippen molar-refractivity contribution in [2.45, 2.75) is 50.2 Å². The summed E-state index contributed by atoms with van der Waals surface area (Å²) in [5.41, 5.74) is 3.24. The Kier molecular flexibility index (Phi) is 5.40. The lowest BCUT2D eigenvalue weighted by Gasteiger charge is -2.29. The van der Waals surface area contributed by atoms with Crippen LogP contribution >= 0.6 is 23.2 Å². The number of aryl methyl sites for hydroxylation is 1. The first kappa shape index (κ1) is 22.9. The maximum atomic E-state index is 14.3. The van der Waals surface area contributed by atoms with Gasteiger partial charge in [-0.15, -0.1) is 0 Å². The zero-order chi connectivity index (χ0) is 24.4. The topological polar surface area (TPSA) is 24.8 Å². The summed E-state index contributed by atoms with van der Waals surface area (Å²) in [6, 6.07) is 18.5. The number of hydrogen-bond donors (Lipinski definition) is 0. The van der Waals surface area contributed by atoms with Gasteiger partial charge in [0.25, 0.3) is 5.60 Å². The molecule has 0 saturated carbocycles. The largest absolute Gasteiger partial charge is 0.435 e. The molecule has 0 fully saturated rings. The van der Waals surface area contributed by atoms with E-state index in [1.165, 1.54) is 34.9 Å². The smallest absolute Gasteiger partial charge is 0.374 e. The van der Waals surface area contributed by atoms with Crippen LogP contribution in [0.3, 0.4) is 0 Å². The zero-order valence-corrected chi connectivity index (χ0v) is 20.1. The molecule has 2 heterocycles. The van der Waals surface area contributed by atoms with Crippen molar-refractivity contribution in [3.8, 4) is 0 Å². The van der Waals surface area contributed by atoms with E-state index < -0.39 is 18.2 Å². The number of hydrogen-bond acceptors (Lipinski definition) is 3. The molecule has 6 rings (SSSR count). The van der Waals surface area contributed by atoms with Gasteiger partial charge in [-0.25, -0.2) is 0 Å². The molecule has 8 heteroatoms. The van der Waals surface area contributed by atoms with E-state index in [9.17, 15) is 13.2 Å². The predicted molar refractivity (Wildman–Crippen MR) is 130 cm³/mol. The second kappa shape index (κ2) is 8.26. The van der Waals surface area contributed by atoms with Crippen molar-refractivity contribution in [3.05, 3.63) is 104 Å². The summed E-state index contributed by atoms with van der Waals surface area (Å²) in [5, 5.41) is 4.13. The van der Waals surface area contributed by atoms with Crippen molar-refractivity contribution < 1.29 is 18.0 Å². The Balaban J connectivity index is 1.27. The second-order valence-corrected chi connectivity index (χ2v) is 10.3. The highest BCUT2D eigenvalue weighted by molar-refractivity contribution is 6.34. The number of nitrogens with zero attached hydrogens (tertiary/aromatic N) is 2. The van der Waals surface area contributed by atoms with Gasteiger partial charge in [0, 0.05) is 41.2 Å². The predicted octanol–water partition coefficient (Wildman–Crippen LogP) is 7.58. The Morgan fingerprint density at radius 1 is 0.914 bits per heavy atom. The molecule has 0 bridgehead atoms. The molecular weight excluding hydrogens is 496 g/mol. The lowest BCUT2D eigenvalue weighted by Crippen LogP contribution is -2.42. The quantitative estimate of drug-likeness (QED) is 0.358. The van der Waals surface area contributed by atoms with Crippen molar-refractivity contribution in [2.75, 3.05) is 0 Å². The summed E-state index contributed by atoms with van der Waals surface area (Å²) >= 11 is 12.0. The van der Waals surface area contributed by atoms with Crippen molar-refractivity contribution in [1.29, 1.82) is 0 Å². The van der Waals surface area contributed by atoms with Gasteiger partial charge in [0.2, 0.25) is 0 Å². The average Bonchev–Trinajstić information content (AvgIpc) is 3.53. The molecule has 3 aromatic rings. The van der Waals surface area contributed by atoms with Crippen LogP contribution in [-0.4, -0.2) is 16.8 Å². The molecule has 0 aromatic heterocycles. The van der Waals surface area contributed by atoms with E-state index >= 15 is 0 Å². The zero-order valence-electron chi connectivity index (χ0n) is 18.6. The van der Waals surface area contributed by atoms with Crippen LogP contribution in [0, 0.1) is 0 Å². The van der Waals surface area contributed by atoms with E-state index in [-0.39, 0.29) is 21.3 Å². The van der Waals surface area contributed by atoms with Crippen LogP contribution < -0.4 is 0 Å². The van der Waals surface area contributed by atoms with E-state index in [2.05, 4.69) is 34.3 Å². The number of oxime groups is 1. The fourth-order valence-electron chi connectivity index (χ4n) is 5.58. The monoisotopic (exact) mass is 516 g/mol. The number of benzene rings is 3. The third kappa shape index (κ3) is 3.83. The van der Waals surface area contributed by atoms with Crippen molar-refractivity contribution in [2.24, 2.45) is 5.16 Å². The van der Waals surface area contributed by atoms with Gasteiger partial charge in [0.05, 0.1) is 5.71 Å². The maximum absolute atomic E-state index is 14.3. The molecule has 3 aromatic carbocycles. The summed E-state index contributed by atoms with van der Waals surface area (Å²) < 4.78 is 43.0. The summed E-state index contributed by atoms with van der Waals surface area (Å²) in [6.07, 6.45) is -3.29. The van der Waals surface area contributed by atoms with E-state index in [1.807, 2.05) is 18.2 Å². The van der Waals surface area contributed by atoms with Crippen LogP contribution in [0.4, 0.5) is 13.2 Å². The molecule has 2 aliphatic heterocycles. The third-order valence-corrected chi connectivity index (χ3v) is 7.78. The normalized spacial score (nSPS) is 23.7. The van der Waals surface area contributed by atoms with Crippen LogP contribution in [0.2, 0.25) is 10.0 Å². The molecule has 2 atom stereocenters. The van der Waals surface area contributed by atoms with Gasteiger partial charge in [-0.1, -0.05) is 64.8 Å². The Morgan fingerprint density at radius 3 is 2.26 bits per heavy atom. The molecule has 3 nitrogen and oxygen atoms in total. The van der Waals surface area contributed by atoms with Gasteiger partial charge in [-0.2, -0.15) is 13.2 Å². The number of rotatable bonds is 3. The molecule has 3 aliphatic rings. The third-order valence-electron chi connectivity index (χ3n) is 7.34. The van der Waals surface area contributed by atoms with Gasteiger partial charge in [0.1, 0.15) is 0 Å². The minimum absolute atomic E-state index is 0.112. The van der Waals surface area contributed by atoms with Crippen LogP contribution in [0.5, 0.6) is 0 Å². The minimum Gasteiger partial charge on any atom is -0.374 e. The van der Waals surface area contributed by atoms with Crippen molar-refractivity contribution in [1.82, 2.24) is 4.90 Å². The average molecular weight is 517 g/mol. The first-order valence-corrected chi connectivity index (χ1v) is 12.2. The Morgan fingerprint density at radius 2 is 1.60 bits per heavy atom. The summed E-state index contributed by atoms with van der Waals surface area (Å²) in [6.45, 7) is 1.83. The number of fused-ring (bicyclic) bond motifs is 2. The van der Waals surface area contributed by atoms with Crippen LogP contribution in [0.15, 0.2) is 65.8 Å². The highest BCUT2D eigenvalue weighted by atomic mass is 35.5. The fourth-order valence-corrected chi connectivity index (χ4v) is 6.11. The van der Waals surface area contributed by atoms with Gasteiger partial charge in [-0.3, -0.25) is 4.90 Å². The Labute approximate surface area is 211 Å². The Hall–Kier alpha value is -2.54. The SMILES string of the molecule is FC(F)(F)C1(c2cc(Cl)cc(Cl)c2)CC(c2ccc3c(c2)CCC3N2Cc3ccccc3C2)=NO1. The molecule has 0 amide bonds. The lowest BCUT2D eigenvalue weighted by atomic mass is 9.86. The molecule has 0 radical (unpaired) electrons. The Bertz CT molecular complexity index is 1310. The van der Waals surface area contributed by atoms with E-state index in [4.69, 9.17) is 28.0 Å². The number of halogens is 5. The molecule has 0 N–H and O–H groups in total. The molecule has 1 aliphatic carbocycles. The molecule has 180 valence electrons. The maximum Gasteiger partial charge on any atom is 0.435 e. The molecule has 0 spiro atoms. The molecule has 35 heavy (non-hydrogen) atoms. The second-order valence-electron chi connectivity index (χ2n) is 9.43.